The molecule has 1 aromatic rings. The van der Waals surface area contributed by atoms with Crippen LogP contribution < -0.4 is 5.32 Å². The molecule has 0 aliphatic rings. The quantitative estimate of drug-likeness (QED) is 0.746. The van der Waals surface area contributed by atoms with Crippen LogP contribution in [0.1, 0.15) is 18.9 Å². The maximum absolute atomic E-state index is 12.8. The summed E-state index contributed by atoms with van der Waals surface area (Å²) in [5.74, 6) is -0.439. The molecule has 1 aromatic carbocycles. The van der Waals surface area contributed by atoms with Gasteiger partial charge < -0.3 is 5.32 Å². The average Bonchev–Trinajstić information content (AvgIpc) is 2.11. The number of hydrogen-bond donors (Lipinski definition) is 1. The maximum Gasteiger partial charge on any atom is 0.224 e. The Bertz CT molecular complexity index is 323. The van der Waals surface area contributed by atoms with Gasteiger partial charge in [0.15, 0.2) is 0 Å². The minimum absolute atomic E-state index is 0.103. The number of anilines is 1. The fourth-order valence-corrected chi connectivity index (χ4v) is 0.967. The van der Waals surface area contributed by atoms with Gasteiger partial charge in [-0.05, 0) is 24.6 Å². The van der Waals surface area contributed by atoms with E-state index in [1.54, 1.807) is 13.0 Å². The van der Waals surface area contributed by atoms with Crippen LogP contribution in [0.15, 0.2) is 18.2 Å². The number of hydrogen-bond acceptors (Lipinski definition) is 1. The van der Waals surface area contributed by atoms with E-state index >= 15 is 0 Å². The second-order valence-corrected chi connectivity index (χ2v) is 2.86. The van der Waals surface area contributed by atoms with Crippen LogP contribution in [-0.2, 0) is 4.79 Å². The molecule has 0 radical (unpaired) electrons. The van der Waals surface area contributed by atoms with Crippen LogP contribution in [0, 0.1) is 12.7 Å². The summed E-state index contributed by atoms with van der Waals surface area (Å²) >= 11 is 0. The largest absolute Gasteiger partial charge is 0.326 e. The molecule has 0 saturated carbocycles. The van der Waals surface area contributed by atoms with Gasteiger partial charge in [-0.15, -0.1) is 0 Å². The highest BCUT2D eigenvalue weighted by Crippen LogP contribution is 2.15. The molecule has 0 aromatic heterocycles. The van der Waals surface area contributed by atoms with Crippen molar-refractivity contribution < 1.29 is 9.18 Å². The molecule has 2 nitrogen and oxygen atoms in total. The van der Waals surface area contributed by atoms with E-state index in [9.17, 15) is 9.18 Å². The zero-order valence-corrected chi connectivity index (χ0v) is 7.73. The van der Waals surface area contributed by atoms with E-state index in [0.29, 0.717) is 12.1 Å². The van der Waals surface area contributed by atoms with Gasteiger partial charge in [0.2, 0.25) is 5.91 Å². The summed E-state index contributed by atoms with van der Waals surface area (Å²) in [5, 5.41) is 2.62. The number of halogens is 1. The average molecular weight is 181 g/mol. The van der Waals surface area contributed by atoms with Crippen molar-refractivity contribution in [3.63, 3.8) is 0 Å². The Morgan fingerprint density at radius 1 is 1.54 bits per heavy atom. The third-order valence-electron chi connectivity index (χ3n) is 1.79. The Morgan fingerprint density at radius 3 is 2.85 bits per heavy atom. The van der Waals surface area contributed by atoms with Crippen LogP contribution in [0.25, 0.3) is 0 Å². The van der Waals surface area contributed by atoms with Gasteiger partial charge in [0, 0.05) is 12.1 Å². The third-order valence-corrected chi connectivity index (χ3v) is 1.79. The van der Waals surface area contributed by atoms with Crippen LogP contribution in [0.3, 0.4) is 0 Å². The van der Waals surface area contributed by atoms with Gasteiger partial charge in [-0.25, -0.2) is 4.39 Å². The lowest BCUT2D eigenvalue weighted by atomic mass is 10.2. The number of rotatable bonds is 2. The number of aryl methyl sites for hydroxylation is 1. The molecule has 0 spiro atoms. The topological polar surface area (TPSA) is 29.1 Å². The molecule has 3 heteroatoms. The van der Waals surface area contributed by atoms with Crippen LogP contribution >= 0.6 is 0 Å². The molecule has 0 unspecified atom stereocenters. The first-order valence-electron chi connectivity index (χ1n) is 4.19. The summed E-state index contributed by atoms with van der Waals surface area (Å²) in [6.07, 6.45) is 0.399. The summed E-state index contributed by atoms with van der Waals surface area (Å²) < 4.78 is 12.8. The maximum atomic E-state index is 12.8. The second-order valence-electron chi connectivity index (χ2n) is 2.86. The number of carbonyl (C=O) groups is 1. The van der Waals surface area contributed by atoms with Crippen LogP contribution in [0.5, 0.6) is 0 Å². The first kappa shape index (κ1) is 9.71. The van der Waals surface area contributed by atoms with Gasteiger partial charge in [0.1, 0.15) is 5.82 Å². The normalized spacial score (nSPS) is 9.77. The molecular formula is C10H12FNO. The number of nitrogens with one attached hydrogen (secondary N) is 1. The van der Waals surface area contributed by atoms with Crippen LogP contribution in [0.2, 0.25) is 0 Å². The highest BCUT2D eigenvalue weighted by atomic mass is 19.1. The minimum atomic E-state index is -0.336. The van der Waals surface area contributed by atoms with Crippen LogP contribution in [-0.4, -0.2) is 5.91 Å². The fourth-order valence-electron chi connectivity index (χ4n) is 0.967. The van der Waals surface area contributed by atoms with Crippen molar-refractivity contribution in [2.45, 2.75) is 20.3 Å². The lowest BCUT2D eigenvalue weighted by Crippen LogP contribution is -2.10. The molecule has 0 atom stereocenters. The second kappa shape index (κ2) is 4.03. The van der Waals surface area contributed by atoms with E-state index in [2.05, 4.69) is 5.32 Å². The fraction of sp³-hybridized carbons (Fsp3) is 0.300. The lowest BCUT2D eigenvalue weighted by molar-refractivity contribution is -0.115. The molecule has 0 fully saturated rings. The highest BCUT2D eigenvalue weighted by Gasteiger charge is 2.02. The molecule has 1 rings (SSSR count). The molecule has 1 N–H and O–H groups in total. The summed E-state index contributed by atoms with van der Waals surface area (Å²) in [7, 11) is 0. The molecule has 13 heavy (non-hydrogen) atoms. The van der Waals surface area contributed by atoms with E-state index in [1.165, 1.54) is 12.1 Å². The molecule has 0 bridgehead atoms. The van der Waals surface area contributed by atoms with E-state index in [4.69, 9.17) is 0 Å². The first-order valence-corrected chi connectivity index (χ1v) is 4.19. The summed E-state index contributed by atoms with van der Waals surface area (Å²) in [6, 6.07) is 4.33. The lowest BCUT2D eigenvalue weighted by Gasteiger charge is -2.06. The van der Waals surface area contributed by atoms with E-state index in [1.807, 2.05) is 6.92 Å². The van der Waals surface area contributed by atoms with Gasteiger partial charge >= 0.3 is 0 Å². The van der Waals surface area contributed by atoms with E-state index < -0.39 is 0 Å². The molecule has 1 amide bonds. The number of carbonyl (C=O) groups excluding carboxylic acids is 1. The molecule has 0 heterocycles. The van der Waals surface area contributed by atoms with Crippen molar-refractivity contribution in [2.24, 2.45) is 0 Å². The van der Waals surface area contributed by atoms with Gasteiger partial charge in [0.05, 0.1) is 0 Å². The van der Waals surface area contributed by atoms with Gasteiger partial charge in [-0.1, -0.05) is 13.0 Å². The van der Waals surface area contributed by atoms with E-state index in [0.717, 1.165) is 5.56 Å². The Labute approximate surface area is 76.8 Å². The van der Waals surface area contributed by atoms with Crippen molar-refractivity contribution in [3.05, 3.63) is 29.6 Å². The molecule has 0 aliphatic carbocycles. The Kier molecular flexibility index (Phi) is 3.01. The Hall–Kier alpha value is -1.38. The standard InChI is InChI=1S/C10H12FNO/c1-3-10(13)12-9-6-8(11)5-4-7(9)2/h4-6H,3H2,1-2H3,(H,12,13). The van der Waals surface area contributed by atoms with E-state index in [-0.39, 0.29) is 11.7 Å². The predicted octanol–water partition coefficient (Wildman–Crippen LogP) is 2.48. The monoisotopic (exact) mass is 181 g/mol. The SMILES string of the molecule is CCC(=O)Nc1cc(F)ccc1C. The summed E-state index contributed by atoms with van der Waals surface area (Å²) in [5.41, 5.74) is 1.41. The van der Waals surface area contributed by atoms with Crippen molar-refractivity contribution >= 4 is 11.6 Å². The number of benzene rings is 1. The van der Waals surface area contributed by atoms with Crippen molar-refractivity contribution in [2.75, 3.05) is 5.32 Å². The molecule has 0 aliphatic heterocycles. The summed E-state index contributed by atoms with van der Waals surface area (Å²) in [6.45, 7) is 3.58. The predicted molar refractivity (Wildman–Crippen MR) is 50.1 cm³/mol. The molecular weight excluding hydrogens is 169 g/mol. The number of amides is 1. The smallest absolute Gasteiger partial charge is 0.224 e. The zero-order chi connectivity index (χ0) is 9.84. The molecule has 70 valence electrons. The summed E-state index contributed by atoms with van der Waals surface area (Å²) in [4.78, 5) is 11.0. The Morgan fingerprint density at radius 2 is 2.23 bits per heavy atom. The van der Waals surface area contributed by atoms with Crippen molar-refractivity contribution in [1.29, 1.82) is 0 Å². The first-order chi connectivity index (χ1) is 6.13. The third kappa shape index (κ3) is 2.54. The highest BCUT2D eigenvalue weighted by molar-refractivity contribution is 5.91. The van der Waals surface area contributed by atoms with Gasteiger partial charge in [0.25, 0.3) is 0 Å². The zero-order valence-electron chi connectivity index (χ0n) is 7.73. The molecule has 0 saturated heterocycles. The Balaban J connectivity index is 2.87. The van der Waals surface area contributed by atoms with Gasteiger partial charge in [-0.2, -0.15) is 0 Å². The van der Waals surface area contributed by atoms with Crippen LogP contribution in [0.4, 0.5) is 10.1 Å². The van der Waals surface area contributed by atoms with Crippen molar-refractivity contribution in [3.8, 4) is 0 Å². The van der Waals surface area contributed by atoms with Gasteiger partial charge in [-0.3, -0.25) is 4.79 Å². The minimum Gasteiger partial charge on any atom is -0.326 e. The van der Waals surface area contributed by atoms with Crippen molar-refractivity contribution in [1.82, 2.24) is 0 Å².